The maximum atomic E-state index is 4.40. The van der Waals surface area contributed by atoms with Crippen LogP contribution in [0.2, 0.25) is 0 Å². The highest BCUT2D eigenvalue weighted by Crippen LogP contribution is 2.25. The third kappa shape index (κ3) is 5.33. The van der Waals surface area contributed by atoms with Crippen LogP contribution in [0.3, 0.4) is 0 Å². The molecule has 2 N–H and O–H groups in total. The Bertz CT molecular complexity index is 525. The third-order valence-corrected chi connectivity index (χ3v) is 6.22. The summed E-state index contributed by atoms with van der Waals surface area (Å²) in [6, 6.07) is 3.41. The van der Waals surface area contributed by atoms with Crippen molar-refractivity contribution in [1.82, 2.24) is 15.5 Å². The van der Waals surface area contributed by atoms with E-state index in [0.717, 1.165) is 19.0 Å². The fraction of sp³-hybridized carbons (Fsp3) is 0.722. The van der Waals surface area contributed by atoms with E-state index >= 15 is 0 Å². The van der Waals surface area contributed by atoms with Gasteiger partial charge >= 0.3 is 0 Å². The lowest BCUT2D eigenvalue weighted by Gasteiger charge is -2.33. The molecule has 0 amide bonds. The standard InChI is InChI=1S/C18H30N4S.HI/c1-14(22-10-8-17-15(13-22)9-11-23-17)12-20-18(19-2)21-16-6-4-3-5-7-16;/h9,11,14,16H,3-8,10,12-13H2,1-2H3,(H2,19,20,21);1H. The number of thiophene rings is 1. The Hall–Kier alpha value is -0.340. The lowest BCUT2D eigenvalue weighted by atomic mass is 9.96. The van der Waals surface area contributed by atoms with Crippen molar-refractivity contribution in [3.8, 4) is 0 Å². The van der Waals surface area contributed by atoms with Crippen molar-refractivity contribution < 1.29 is 0 Å². The van der Waals surface area contributed by atoms with Gasteiger partial charge in [-0.25, -0.2) is 0 Å². The van der Waals surface area contributed by atoms with Gasteiger partial charge in [-0.05, 0) is 43.2 Å². The molecule has 0 radical (unpaired) electrons. The fourth-order valence-electron chi connectivity index (χ4n) is 3.65. The van der Waals surface area contributed by atoms with E-state index in [1.807, 2.05) is 18.4 Å². The fourth-order valence-corrected chi connectivity index (χ4v) is 4.54. The van der Waals surface area contributed by atoms with E-state index < -0.39 is 0 Å². The van der Waals surface area contributed by atoms with Crippen molar-refractivity contribution in [2.75, 3.05) is 20.1 Å². The molecule has 2 heterocycles. The van der Waals surface area contributed by atoms with Crippen LogP contribution in [-0.4, -0.2) is 43.1 Å². The first-order chi connectivity index (χ1) is 11.3. The van der Waals surface area contributed by atoms with E-state index in [9.17, 15) is 0 Å². The summed E-state index contributed by atoms with van der Waals surface area (Å²) in [4.78, 5) is 8.56. The van der Waals surface area contributed by atoms with E-state index in [4.69, 9.17) is 0 Å². The molecule has 136 valence electrons. The molecular formula is C18H31IN4S. The van der Waals surface area contributed by atoms with Gasteiger partial charge in [0.15, 0.2) is 5.96 Å². The van der Waals surface area contributed by atoms with Gasteiger partial charge in [0.25, 0.3) is 0 Å². The van der Waals surface area contributed by atoms with Crippen LogP contribution in [0.4, 0.5) is 0 Å². The van der Waals surface area contributed by atoms with Crippen molar-refractivity contribution in [2.45, 2.75) is 64.1 Å². The minimum Gasteiger partial charge on any atom is -0.355 e. The van der Waals surface area contributed by atoms with E-state index in [1.165, 1.54) is 50.6 Å². The van der Waals surface area contributed by atoms with Crippen molar-refractivity contribution >= 4 is 41.3 Å². The van der Waals surface area contributed by atoms with Crippen molar-refractivity contribution in [1.29, 1.82) is 0 Å². The quantitative estimate of drug-likeness (QED) is 0.408. The highest BCUT2D eigenvalue weighted by Gasteiger charge is 2.22. The van der Waals surface area contributed by atoms with Gasteiger partial charge in [0, 0.05) is 43.6 Å². The van der Waals surface area contributed by atoms with Gasteiger partial charge in [-0.3, -0.25) is 9.89 Å². The van der Waals surface area contributed by atoms with Gasteiger partial charge in [-0.2, -0.15) is 0 Å². The molecule has 3 rings (SSSR count). The molecule has 24 heavy (non-hydrogen) atoms. The van der Waals surface area contributed by atoms with E-state index in [1.54, 1.807) is 4.88 Å². The molecule has 6 heteroatoms. The number of rotatable bonds is 4. The Kier molecular flexibility index (Phi) is 8.30. The number of hydrogen-bond acceptors (Lipinski definition) is 3. The lowest BCUT2D eigenvalue weighted by Crippen LogP contribution is -2.49. The number of aliphatic imine (C=N–C) groups is 1. The molecule has 1 atom stereocenters. The molecule has 4 nitrogen and oxygen atoms in total. The second-order valence-corrected chi connectivity index (χ2v) is 7.87. The largest absolute Gasteiger partial charge is 0.355 e. The van der Waals surface area contributed by atoms with Crippen molar-refractivity contribution in [3.05, 3.63) is 21.9 Å². The zero-order chi connectivity index (χ0) is 16.1. The van der Waals surface area contributed by atoms with Crippen molar-refractivity contribution in [3.63, 3.8) is 0 Å². The first-order valence-electron chi connectivity index (χ1n) is 9.02. The highest BCUT2D eigenvalue weighted by molar-refractivity contribution is 14.0. The predicted molar refractivity (Wildman–Crippen MR) is 115 cm³/mol. The van der Waals surface area contributed by atoms with Crippen LogP contribution in [0.1, 0.15) is 49.5 Å². The van der Waals surface area contributed by atoms with Crippen LogP contribution < -0.4 is 10.6 Å². The summed E-state index contributed by atoms with van der Waals surface area (Å²) in [7, 11) is 1.88. The van der Waals surface area contributed by atoms with Gasteiger partial charge < -0.3 is 10.6 Å². The maximum absolute atomic E-state index is 4.40. The van der Waals surface area contributed by atoms with Gasteiger partial charge in [-0.15, -0.1) is 35.3 Å². The Morgan fingerprint density at radius 3 is 2.92 bits per heavy atom. The van der Waals surface area contributed by atoms with Crippen LogP contribution in [0.15, 0.2) is 16.4 Å². The Morgan fingerprint density at radius 2 is 2.17 bits per heavy atom. The van der Waals surface area contributed by atoms with E-state index in [-0.39, 0.29) is 24.0 Å². The second kappa shape index (κ2) is 9.97. The zero-order valence-corrected chi connectivity index (χ0v) is 18.0. The van der Waals surface area contributed by atoms with Crippen molar-refractivity contribution in [2.24, 2.45) is 4.99 Å². The molecule has 1 aliphatic carbocycles. The normalized spacial score (nSPS) is 20.8. The third-order valence-electron chi connectivity index (χ3n) is 5.20. The molecule has 1 aromatic heterocycles. The predicted octanol–water partition coefficient (Wildman–Crippen LogP) is 3.61. The highest BCUT2D eigenvalue weighted by atomic mass is 127. The summed E-state index contributed by atoms with van der Waals surface area (Å²) in [5.74, 6) is 0.969. The molecule has 0 bridgehead atoms. The lowest BCUT2D eigenvalue weighted by molar-refractivity contribution is 0.192. The Morgan fingerprint density at radius 1 is 1.38 bits per heavy atom. The van der Waals surface area contributed by atoms with E-state index in [0.29, 0.717) is 12.1 Å². The summed E-state index contributed by atoms with van der Waals surface area (Å²) in [6.07, 6.45) is 7.85. The minimum atomic E-state index is 0. The average Bonchev–Trinajstić information content (AvgIpc) is 3.06. The van der Waals surface area contributed by atoms with Gasteiger partial charge in [0.2, 0.25) is 0 Å². The number of nitrogens with zero attached hydrogens (tertiary/aromatic N) is 2. The molecule has 1 fully saturated rings. The van der Waals surface area contributed by atoms with Gasteiger partial charge in [0.05, 0.1) is 0 Å². The summed E-state index contributed by atoms with van der Waals surface area (Å²) in [5.41, 5.74) is 1.53. The summed E-state index contributed by atoms with van der Waals surface area (Å²) >= 11 is 1.91. The van der Waals surface area contributed by atoms with Crippen LogP contribution in [0.5, 0.6) is 0 Å². The average molecular weight is 462 g/mol. The molecule has 0 aromatic carbocycles. The zero-order valence-electron chi connectivity index (χ0n) is 14.9. The molecular weight excluding hydrogens is 431 g/mol. The first-order valence-corrected chi connectivity index (χ1v) is 9.90. The molecule has 1 aliphatic heterocycles. The number of halogens is 1. The molecule has 0 saturated heterocycles. The van der Waals surface area contributed by atoms with Crippen LogP contribution >= 0.6 is 35.3 Å². The number of nitrogens with one attached hydrogen (secondary N) is 2. The minimum absolute atomic E-state index is 0. The topological polar surface area (TPSA) is 39.7 Å². The number of guanidine groups is 1. The molecule has 1 unspecified atom stereocenters. The number of hydrogen-bond donors (Lipinski definition) is 2. The molecule has 1 saturated carbocycles. The van der Waals surface area contributed by atoms with Gasteiger partial charge in [0.1, 0.15) is 0 Å². The van der Waals surface area contributed by atoms with Crippen LogP contribution in [0, 0.1) is 0 Å². The van der Waals surface area contributed by atoms with Crippen LogP contribution in [-0.2, 0) is 13.0 Å². The smallest absolute Gasteiger partial charge is 0.191 e. The van der Waals surface area contributed by atoms with E-state index in [2.05, 4.69) is 38.9 Å². The van der Waals surface area contributed by atoms with Gasteiger partial charge in [-0.1, -0.05) is 19.3 Å². The second-order valence-electron chi connectivity index (χ2n) is 6.87. The summed E-state index contributed by atoms with van der Waals surface area (Å²) in [6.45, 7) is 5.53. The molecule has 1 aromatic rings. The monoisotopic (exact) mass is 462 g/mol. The molecule has 0 spiro atoms. The maximum Gasteiger partial charge on any atom is 0.191 e. The summed E-state index contributed by atoms with van der Waals surface area (Å²) < 4.78 is 0. The first kappa shape index (κ1) is 20.0. The molecule has 2 aliphatic rings. The Labute approximate surface area is 167 Å². The SMILES string of the molecule is CN=C(NCC(C)N1CCc2sccc2C1)NC1CCCCC1.I. The van der Waals surface area contributed by atoms with Crippen LogP contribution in [0.25, 0.3) is 0 Å². The Balaban J connectivity index is 0.00000208. The number of fused-ring (bicyclic) bond motifs is 1. The summed E-state index contributed by atoms with van der Waals surface area (Å²) in [5, 5.41) is 9.36.